The highest BCUT2D eigenvalue weighted by atomic mass is 79.9. The molecule has 0 amide bonds. The fourth-order valence-electron chi connectivity index (χ4n) is 2.59. The summed E-state index contributed by atoms with van der Waals surface area (Å²) in [6.07, 6.45) is 2.61. The summed E-state index contributed by atoms with van der Waals surface area (Å²) in [7, 11) is 0. The summed E-state index contributed by atoms with van der Waals surface area (Å²) < 4.78 is 1.12. The van der Waals surface area contributed by atoms with Gasteiger partial charge in [0.05, 0.1) is 0 Å². The summed E-state index contributed by atoms with van der Waals surface area (Å²) in [6, 6.07) is 6.07. The van der Waals surface area contributed by atoms with Crippen LogP contribution in [0.5, 0.6) is 0 Å². The molecule has 0 unspecified atom stereocenters. The Bertz CT molecular complexity index is 403. The van der Waals surface area contributed by atoms with Gasteiger partial charge in [-0.05, 0) is 62.6 Å². The first-order valence-electron chi connectivity index (χ1n) is 7.06. The predicted octanol–water partition coefficient (Wildman–Crippen LogP) is 3.92. The highest BCUT2D eigenvalue weighted by molar-refractivity contribution is 9.10. The molecule has 0 radical (unpaired) electrons. The van der Waals surface area contributed by atoms with Gasteiger partial charge in [-0.25, -0.2) is 0 Å². The Morgan fingerprint density at radius 1 is 1.37 bits per heavy atom. The molecule has 0 saturated carbocycles. The van der Waals surface area contributed by atoms with Gasteiger partial charge in [0.15, 0.2) is 0 Å². The molecule has 1 saturated heterocycles. The molecule has 1 aromatic rings. The van der Waals surface area contributed by atoms with Gasteiger partial charge < -0.3 is 5.32 Å². The molecule has 4 heteroatoms. The van der Waals surface area contributed by atoms with Crippen LogP contribution in [0.3, 0.4) is 0 Å². The summed E-state index contributed by atoms with van der Waals surface area (Å²) in [5, 5.41) is 4.25. The summed E-state index contributed by atoms with van der Waals surface area (Å²) in [4.78, 5) is 2.54. The van der Waals surface area contributed by atoms with Crippen LogP contribution in [0.25, 0.3) is 0 Å². The van der Waals surface area contributed by atoms with Gasteiger partial charge in [-0.3, -0.25) is 4.90 Å². The van der Waals surface area contributed by atoms with Crippen molar-refractivity contribution in [1.29, 1.82) is 0 Å². The Labute approximate surface area is 129 Å². The van der Waals surface area contributed by atoms with E-state index < -0.39 is 0 Å². The van der Waals surface area contributed by atoms with Crippen molar-refractivity contribution >= 4 is 27.5 Å². The second-order valence-corrected chi connectivity index (χ2v) is 6.55. The van der Waals surface area contributed by atoms with Crippen LogP contribution < -0.4 is 5.32 Å². The average molecular weight is 346 g/mol. The van der Waals surface area contributed by atoms with E-state index in [4.69, 9.17) is 11.6 Å². The molecule has 0 aliphatic carbocycles. The molecule has 0 spiro atoms. The standard InChI is InChI=1S/C15H22BrClN2/c1-2-18-10-12-5-7-19(8-6-12)11-13-3-4-14(17)9-15(13)16/h3-4,9,12,18H,2,5-8,10-11H2,1H3. The van der Waals surface area contributed by atoms with Gasteiger partial charge in [0, 0.05) is 16.0 Å². The number of piperidine rings is 1. The van der Waals surface area contributed by atoms with Crippen molar-refractivity contribution in [2.75, 3.05) is 26.2 Å². The molecule has 106 valence electrons. The van der Waals surface area contributed by atoms with Crippen LogP contribution >= 0.6 is 27.5 Å². The molecular weight excluding hydrogens is 324 g/mol. The number of rotatable bonds is 5. The number of nitrogens with one attached hydrogen (secondary N) is 1. The Hall–Kier alpha value is -0.0900. The molecule has 1 aliphatic rings. The lowest BCUT2D eigenvalue weighted by atomic mass is 9.96. The molecule has 2 nitrogen and oxygen atoms in total. The lowest BCUT2D eigenvalue weighted by molar-refractivity contribution is 0.175. The molecule has 1 heterocycles. The predicted molar refractivity (Wildman–Crippen MR) is 85.7 cm³/mol. The smallest absolute Gasteiger partial charge is 0.0417 e. The number of hydrogen-bond acceptors (Lipinski definition) is 2. The molecule has 0 atom stereocenters. The van der Waals surface area contributed by atoms with Gasteiger partial charge in [0.2, 0.25) is 0 Å². The molecule has 1 N–H and O–H groups in total. The van der Waals surface area contributed by atoms with Crippen molar-refractivity contribution in [3.05, 3.63) is 33.3 Å². The minimum Gasteiger partial charge on any atom is -0.317 e. The molecule has 0 bridgehead atoms. The highest BCUT2D eigenvalue weighted by Crippen LogP contribution is 2.25. The van der Waals surface area contributed by atoms with Crippen LogP contribution in [0.1, 0.15) is 25.3 Å². The van der Waals surface area contributed by atoms with Crippen LogP contribution in [0.4, 0.5) is 0 Å². The maximum absolute atomic E-state index is 5.98. The Balaban J connectivity index is 1.82. The van der Waals surface area contributed by atoms with E-state index in [1.54, 1.807) is 0 Å². The number of nitrogens with zero attached hydrogens (tertiary/aromatic N) is 1. The lowest BCUT2D eigenvalue weighted by Gasteiger charge is -2.32. The summed E-state index contributed by atoms with van der Waals surface area (Å²) in [5.74, 6) is 0.852. The molecule has 1 fully saturated rings. The van der Waals surface area contributed by atoms with Crippen molar-refractivity contribution in [2.24, 2.45) is 5.92 Å². The third kappa shape index (κ3) is 4.75. The average Bonchev–Trinajstić information content (AvgIpc) is 2.41. The SMILES string of the molecule is CCNCC1CCN(Cc2ccc(Cl)cc2Br)CC1. The second kappa shape index (κ2) is 7.63. The zero-order chi connectivity index (χ0) is 13.7. The van der Waals surface area contributed by atoms with Crippen LogP contribution in [0.2, 0.25) is 5.02 Å². The summed E-state index contributed by atoms with van der Waals surface area (Å²) in [5.41, 5.74) is 1.33. The topological polar surface area (TPSA) is 15.3 Å². The maximum atomic E-state index is 5.98. The Kier molecular flexibility index (Phi) is 6.14. The lowest BCUT2D eigenvalue weighted by Crippen LogP contribution is -2.36. The number of hydrogen-bond donors (Lipinski definition) is 1. The van der Waals surface area contributed by atoms with Crippen LogP contribution in [0.15, 0.2) is 22.7 Å². The Morgan fingerprint density at radius 2 is 2.11 bits per heavy atom. The first-order valence-corrected chi connectivity index (χ1v) is 8.23. The zero-order valence-electron chi connectivity index (χ0n) is 11.5. The van der Waals surface area contributed by atoms with Gasteiger partial charge in [-0.1, -0.05) is 40.5 Å². The number of benzene rings is 1. The first-order chi connectivity index (χ1) is 9.19. The summed E-state index contributed by atoms with van der Waals surface area (Å²) >= 11 is 9.58. The zero-order valence-corrected chi connectivity index (χ0v) is 13.8. The van der Waals surface area contributed by atoms with Crippen molar-refractivity contribution in [2.45, 2.75) is 26.3 Å². The van der Waals surface area contributed by atoms with Crippen molar-refractivity contribution < 1.29 is 0 Å². The fourth-order valence-corrected chi connectivity index (χ4v) is 3.40. The van der Waals surface area contributed by atoms with E-state index in [-0.39, 0.29) is 0 Å². The molecule has 2 rings (SSSR count). The molecule has 0 aromatic heterocycles. The van der Waals surface area contributed by atoms with Crippen LogP contribution in [-0.4, -0.2) is 31.1 Å². The monoisotopic (exact) mass is 344 g/mol. The van der Waals surface area contributed by atoms with E-state index >= 15 is 0 Å². The number of likely N-dealkylation sites (tertiary alicyclic amines) is 1. The third-order valence-corrected chi connectivity index (χ3v) is 4.77. The highest BCUT2D eigenvalue weighted by Gasteiger charge is 2.19. The quantitative estimate of drug-likeness (QED) is 0.870. The van der Waals surface area contributed by atoms with E-state index in [1.165, 1.54) is 38.0 Å². The Morgan fingerprint density at radius 3 is 2.74 bits per heavy atom. The van der Waals surface area contributed by atoms with E-state index in [0.717, 1.165) is 28.5 Å². The van der Waals surface area contributed by atoms with Crippen molar-refractivity contribution in [3.8, 4) is 0 Å². The van der Waals surface area contributed by atoms with Gasteiger partial charge in [0.1, 0.15) is 0 Å². The molecule has 19 heavy (non-hydrogen) atoms. The maximum Gasteiger partial charge on any atom is 0.0417 e. The van der Waals surface area contributed by atoms with E-state index in [0.29, 0.717) is 0 Å². The minimum atomic E-state index is 0.792. The minimum absolute atomic E-state index is 0.792. The normalized spacial score (nSPS) is 17.8. The molecular formula is C15H22BrClN2. The molecule has 1 aromatic carbocycles. The largest absolute Gasteiger partial charge is 0.317 e. The second-order valence-electron chi connectivity index (χ2n) is 5.26. The van der Waals surface area contributed by atoms with Crippen LogP contribution in [0, 0.1) is 5.92 Å². The first kappa shape index (κ1) is 15.3. The van der Waals surface area contributed by atoms with E-state index in [2.05, 4.69) is 39.1 Å². The van der Waals surface area contributed by atoms with Crippen LogP contribution in [-0.2, 0) is 6.54 Å². The fraction of sp³-hybridized carbons (Fsp3) is 0.600. The van der Waals surface area contributed by atoms with Gasteiger partial charge in [-0.2, -0.15) is 0 Å². The van der Waals surface area contributed by atoms with Crippen molar-refractivity contribution in [1.82, 2.24) is 10.2 Å². The third-order valence-electron chi connectivity index (χ3n) is 3.80. The summed E-state index contributed by atoms with van der Waals surface area (Å²) in [6.45, 7) is 7.85. The van der Waals surface area contributed by atoms with E-state index in [9.17, 15) is 0 Å². The number of halogens is 2. The van der Waals surface area contributed by atoms with Gasteiger partial charge in [-0.15, -0.1) is 0 Å². The van der Waals surface area contributed by atoms with Gasteiger partial charge >= 0.3 is 0 Å². The van der Waals surface area contributed by atoms with Gasteiger partial charge in [0.25, 0.3) is 0 Å². The molecule has 1 aliphatic heterocycles. The van der Waals surface area contributed by atoms with E-state index in [1.807, 2.05) is 12.1 Å². The van der Waals surface area contributed by atoms with Crippen molar-refractivity contribution in [3.63, 3.8) is 0 Å².